The first-order chi connectivity index (χ1) is 11.2. The van der Waals surface area contributed by atoms with Crippen molar-refractivity contribution in [2.45, 2.75) is 19.9 Å². The molecule has 0 aliphatic rings. The Morgan fingerprint density at radius 1 is 0.958 bits per heavy atom. The second-order valence-corrected chi connectivity index (χ2v) is 7.66. The van der Waals surface area contributed by atoms with Crippen LogP contribution >= 0.6 is 0 Å². The second-order valence-electron chi connectivity index (χ2n) is 5.80. The molecule has 0 aliphatic carbocycles. The van der Waals surface area contributed by atoms with Gasteiger partial charge in [0.05, 0.1) is 11.9 Å². The Labute approximate surface area is 143 Å². The lowest BCUT2D eigenvalue weighted by Gasteiger charge is -2.31. The van der Waals surface area contributed by atoms with Crippen molar-refractivity contribution in [1.82, 2.24) is 0 Å². The predicted octanol–water partition coefficient (Wildman–Crippen LogP) is 2.81. The molecular formula is C18H22N2O3S. The molecule has 1 atom stereocenters. The number of anilines is 2. The van der Waals surface area contributed by atoms with Crippen LogP contribution in [0, 0.1) is 6.92 Å². The number of hydrogen-bond donors (Lipinski definition) is 0. The molecule has 0 N–H and O–H groups in total. The topological polar surface area (TPSA) is 57.7 Å². The molecule has 0 heterocycles. The molecule has 128 valence electrons. The fraction of sp³-hybridized carbons (Fsp3) is 0.278. The second kappa shape index (κ2) is 7.05. The standard InChI is InChI=1S/C18H22N2O3S/c1-14-10-12-17(13-11-14)20(24(4,22)23)15(2)18(21)19(3)16-8-6-5-7-9-16/h5-13,15H,1-4H3. The van der Waals surface area contributed by atoms with Gasteiger partial charge in [0.2, 0.25) is 15.9 Å². The Morgan fingerprint density at radius 2 is 1.50 bits per heavy atom. The highest BCUT2D eigenvalue weighted by Gasteiger charge is 2.31. The lowest BCUT2D eigenvalue weighted by Crippen LogP contribution is -2.48. The van der Waals surface area contributed by atoms with Gasteiger partial charge < -0.3 is 4.90 Å². The Morgan fingerprint density at radius 3 is 2.00 bits per heavy atom. The monoisotopic (exact) mass is 346 g/mol. The van der Waals surface area contributed by atoms with Crippen molar-refractivity contribution in [3.8, 4) is 0 Å². The molecule has 2 rings (SSSR count). The lowest BCUT2D eigenvalue weighted by molar-refractivity contribution is -0.119. The van der Waals surface area contributed by atoms with Crippen molar-refractivity contribution >= 4 is 27.3 Å². The normalized spacial score (nSPS) is 12.5. The summed E-state index contributed by atoms with van der Waals surface area (Å²) in [6.07, 6.45) is 1.11. The van der Waals surface area contributed by atoms with E-state index in [0.717, 1.165) is 16.1 Å². The summed E-state index contributed by atoms with van der Waals surface area (Å²) in [6, 6.07) is 15.4. The third-order valence-corrected chi connectivity index (χ3v) is 5.07. The molecule has 0 saturated carbocycles. The van der Waals surface area contributed by atoms with E-state index >= 15 is 0 Å². The first-order valence-corrected chi connectivity index (χ1v) is 9.45. The van der Waals surface area contributed by atoms with Crippen LogP contribution in [0.2, 0.25) is 0 Å². The molecule has 0 spiro atoms. The molecular weight excluding hydrogens is 324 g/mol. The van der Waals surface area contributed by atoms with E-state index in [-0.39, 0.29) is 5.91 Å². The number of hydrogen-bond acceptors (Lipinski definition) is 3. The highest BCUT2D eigenvalue weighted by Crippen LogP contribution is 2.23. The van der Waals surface area contributed by atoms with E-state index in [0.29, 0.717) is 11.4 Å². The van der Waals surface area contributed by atoms with E-state index in [4.69, 9.17) is 0 Å². The molecule has 2 aromatic rings. The van der Waals surface area contributed by atoms with Crippen molar-refractivity contribution in [1.29, 1.82) is 0 Å². The molecule has 0 saturated heterocycles. The number of nitrogens with zero attached hydrogens (tertiary/aromatic N) is 2. The smallest absolute Gasteiger partial charge is 0.250 e. The van der Waals surface area contributed by atoms with E-state index in [9.17, 15) is 13.2 Å². The van der Waals surface area contributed by atoms with Gasteiger partial charge in [-0.3, -0.25) is 9.10 Å². The van der Waals surface area contributed by atoms with Crippen LogP contribution in [0.1, 0.15) is 12.5 Å². The zero-order valence-corrected chi connectivity index (χ0v) is 15.1. The number of para-hydroxylation sites is 1. The highest BCUT2D eigenvalue weighted by molar-refractivity contribution is 7.92. The van der Waals surface area contributed by atoms with Gasteiger partial charge >= 0.3 is 0 Å². The Hall–Kier alpha value is -2.34. The van der Waals surface area contributed by atoms with E-state index in [1.54, 1.807) is 38.2 Å². The van der Waals surface area contributed by atoms with Gasteiger partial charge in [-0.1, -0.05) is 35.9 Å². The molecule has 0 fully saturated rings. The van der Waals surface area contributed by atoms with Crippen LogP contribution in [0.3, 0.4) is 0 Å². The minimum atomic E-state index is -3.60. The maximum absolute atomic E-state index is 12.8. The first kappa shape index (κ1) is 18.0. The number of likely N-dealkylation sites (N-methyl/N-ethyl adjacent to an activating group) is 1. The summed E-state index contributed by atoms with van der Waals surface area (Å²) < 4.78 is 25.7. The van der Waals surface area contributed by atoms with Crippen molar-refractivity contribution in [2.24, 2.45) is 0 Å². The third kappa shape index (κ3) is 3.94. The van der Waals surface area contributed by atoms with Crippen molar-refractivity contribution < 1.29 is 13.2 Å². The summed E-state index contributed by atoms with van der Waals surface area (Å²) in [6.45, 7) is 3.52. The number of benzene rings is 2. The molecule has 0 radical (unpaired) electrons. The van der Waals surface area contributed by atoms with Crippen LogP contribution in [0.4, 0.5) is 11.4 Å². The minimum Gasteiger partial charge on any atom is -0.314 e. The zero-order valence-electron chi connectivity index (χ0n) is 14.3. The zero-order chi connectivity index (χ0) is 17.9. The van der Waals surface area contributed by atoms with Gasteiger partial charge in [-0.2, -0.15) is 0 Å². The summed E-state index contributed by atoms with van der Waals surface area (Å²) in [5.74, 6) is -0.299. The highest BCUT2D eigenvalue weighted by atomic mass is 32.2. The van der Waals surface area contributed by atoms with Gasteiger partial charge in [-0.05, 0) is 38.1 Å². The van der Waals surface area contributed by atoms with Crippen molar-refractivity contribution in [2.75, 3.05) is 22.5 Å². The van der Waals surface area contributed by atoms with Crippen LogP contribution in [0.15, 0.2) is 54.6 Å². The molecule has 2 aromatic carbocycles. The van der Waals surface area contributed by atoms with Crippen LogP contribution in [-0.4, -0.2) is 33.7 Å². The summed E-state index contributed by atoms with van der Waals surface area (Å²) in [7, 11) is -1.96. The fourth-order valence-electron chi connectivity index (χ4n) is 2.55. The molecule has 5 nitrogen and oxygen atoms in total. The number of carbonyl (C=O) groups is 1. The molecule has 0 bridgehead atoms. The number of aryl methyl sites for hydroxylation is 1. The molecule has 1 unspecified atom stereocenters. The van der Waals surface area contributed by atoms with Crippen molar-refractivity contribution in [3.63, 3.8) is 0 Å². The van der Waals surface area contributed by atoms with Crippen LogP contribution in [0.5, 0.6) is 0 Å². The van der Waals surface area contributed by atoms with Crippen molar-refractivity contribution in [3.05, 3.63) is 60.2 Å². The Kier molecular flexibility index (Phi) is 5.29. The van der Waals surface area contributed by atoms with Gasteiger partial charge in [0.15, 0.2) is 0 Å². The van der Waals surface area contributed by atoms with Crippen LogP contribution in [0.25, 0.3) is 0 Å². The SMILES string of the molecule is Cc1ccc(N(C(C)C(=O)N(C)c2ccccc2)S(C)(=O)=O)cc1. The Bertz CT molecular complexity index is 802. The van der Waals surface area contributed by atoms with Crippen LogP contribution < -0.4 is 9.21 Å². The van der Waals surface area contributed by atoms with E-state index in [1.165, 1.54) is 4.90 Å². The van der Waals surface area contributed by atoms with Gasteiger partial charge in [-0.15, -0.1) is 0 Å². The van der Waals surface area contributed by atoms with Gasteiger partial charge in [0, 0.05) is 12.7 Å². The first-order valence-electron chi connectivity index (χ1n) is 7.60. The molecule has 0 aliphatic heterocycles. The van der Waals surface area contributed by atoms with E-state index < -0.39 is 16.1 Å². The maximum Gasteiger partial charge on any atom is 0.250 e. The average molecular weight is 346 g/mol. The average Bonchev–Trinajstić information content (AvgIpc) is 2.55. The maximum atomic E-state index is 12.8. The molecule has 24 heavy (non-hydrogen) atoms. The number of carbonyl (C=O) groups excluding carboxylic acids is 1. The molecule has 6 heteroatoms. The van der Waals surface area contributed by atoms with Crippen LogP contribution in [-0.2, 0) is 14.8 Å². The van der Waals surface area contributed by atoms with Gasteiger partial charge in [-0.25, -0.2) is 8.42 Å². The third-order valence-electron chi connectivity index (χ3n) is 3.83. The molecule has 0 aromatic heterocycles. The summed E-state index contributed by atoms with van der Waals surface area (Å²) >= 11 is 0. The quantitative estimate of drug-likeness (QED) is 0.836. The van der Waals surface area contributed by atoms with Gasteiger partial charge in [0.25, 0.3) is 0 Å². The van der Waals surface area contributed by atoms with E-state index in [2.05, 4.69) is 0 Å². The number of sulfonamides is 1. The minimum absolute atomic E-state index is 0.299. The Balaban J connectivity index is 2.36. The molecule has 1 amide bonds. The fourth-order valence-corrected chi connectivity index (χ4v) is 3.72. The lowest BCUT2D eigenvalue weighted by atomic mass is 10.2. The predicted molar refractivity (Wildman–Crippen MR) is 97.8 cm³/mol. The van der Waals surface area contributed by atoms with E-state index in [1.807, 2.05) is 37.3 Å². The number of amides is 1. The summed E-state index contributed by atoms with van der Waals surface area (Å²) in [4.78, 5) is 14.3. The summed E-state index contributed by atoms with van der Waals surface area (Å²) in [5, 5.41) is 0. The number of rotatable bonds is 5. The largest absolute Gasteiger partial charge is 0.314 e. The summed E-state index contributed by atoms with van der Waals surface area (Å²) in [5.41, 5.74) is 2.21. The van der Waals surface area contributed by atoms with Gasteiger partial charge in [0.1, 0.15) is 6.04 Å².